The van der Waals surface area contributed by atoms with Crippen molar-refractivity contribution < 1.29 is 46.5 Å². The Balaban J connectivity index is -0.0000000506. The van der Waals surface area contributed by atoms with Crippen molar-refractivity contribution in [3.63, 3.8) is 0 Å². The van der Waals surface area contributed by atoms with Crippen molar-refractivity contribution in [2.45, 2.75) is 45.6 Å². The molecule has 1 aliphatic rings. The Bertz CT molecular complexity index is 98.7. The summed E-state index contributed by atoms with van der Waals surface area (Å²) in [6, 6.07) is 0. The topological polar surface area (TPSA) is 23.8 Å². The van der Waals surface area contributed by atoms with Crippen LogP contribution in [0.5, 0.6) is 0 Å². The van der Waals surface area contributed by atoms with Gasteiger partial charge in [-0.25, -0.2) is 0 Å². The molecular weight excluding hydrogens is 241 g/mol. The van der Waals surface area contributed by atoms with Crippen molar-refractivity contribution in [1.29, 1.82) is 0 Å². The average molecular weight is 258 g/mol. The predicted molar refractivity (Wildman–Crippen MR) is 45.7 cm³/mol. The van der Waals surface area contributed by atoms with E-state index in [4.69, 9.17) is 5.73 Å². The zero-order chi connectivity index (χ0) is 8.04. The molecule has 0 spiro atoms. The Morgan fingerprint density at radius 1 is 1.23 bits per heavy atom. The van der Waals surface area contributed by atoms with E-state index in [0.717, 1.165) is 0 Å². The standard InChI is InChI=1S/C5H7.C4H10N.2ClH.Ti/c1-2-4-5-3-1;1-4(2,3)5;;;/h1H,2,4-5H2;5H,1-3H3;2*1H;/q2*-1;;;+4/p-2. The Morgan fingerprint density at radius 2 is 1.62 bits per heavy atom. The Labute approximate surface area is 110 Å². The Kier molecular flexibility index (Phi) is 23.6. The molecule has 76 valence electrons. The van der Waals surface area contributed by atoms with Crippen molar-refractivity contribution in [3.05, 3.63) is 17.9 Å². The van der Waals surface area contributed by atoms with Gasteiger partial charge in [0.25, 0.3) is 0 Å². The minimum Gasteiger partial charge on any atom is -1.00 e. The van der Waals surface area contributed by atoms with Gasteiger partial charge >= 0.3 is 21.7 Å². The summed E-state index contributed by atoms with van der Waals surface area (Å²) in [7, 11) is 0. The van der Waals surface area contributed by atoms with Gasteiger partial charge in [-0.3, -0.25) is 6.08 Å². The summed E-state index contributed by atoms with van der Waals surface area (Å²) in [6.45, 7) is 5.56. The van der Waals surface area contributed by atoms with Gasteiger partial charge in [-0.15, -0.1) is 5.54 Å². The van der Waals surface area contributed by atoms with E-state index < -0.39 is 0 Å². The number of halogens is 2. The summed E-state index contributed by atoms with van der Waals surface area (Å²) in [4.78, 5) is 0. The smallest absolute Gasteiger partial charge is 1.00 e. The van der Waals surface area contributed by atoms with Crippen LogP contribution in [0.2, 0.25) is 0 Å². The van der Waals surface area contributed by atoms with Gasteiger partial charge < -0.3 is 36.6 Å². The van der Waals surface area contributed by atoms with Crippen LogP contribution in [-0.2, 0) is 21.7 Å². The van der Waals surface area contributed by atoms with Gasteiger partial charge in [-0.05, 0) is 0 Å². The van der Waals surface area contributed by atoms with E-state index in [-0.39, 0.29) is 52.1 Å². The molecule has 0 aromatic heterocycles. The molecule has 0 heterocycles. The second-order valence-electron chi connectivity index (χ2n) is 3.55. The monoisotopic (exact) mass is 257 g/mol. The molecule has 0 amide bonds. The third-order valence-electron chi connectivity index (χ3n) is 0.814. The molecule has 0 aromatic rings. The van der Waals surface area contributed by atoms with E-state index in [2.05, 4.69) is 12.2 Å². The minimum absolute atomic E-state index is 0. The molecule has 1 nitrogen and oxygen atoms in total. The summed E-state index contributed by atoms with van der Waals surface area (Å²) in [5.41, 5.74) is 6.69. The third-order valence-corrected chi connectivity index (χ3v) is 0.814. The molecule has 0 saturated carbocycles. The summed E-state index contributed by atoms with van der Waals surface area (Å²) in [5.74, 6) is 0. The maximum absolute atomic E-state index is 6.94. The largest absolute Gasteiger partial charge is 4.00 e. The van der Waals surface area contributed by atoms with Crippen molar-refractivity contribution >= 4 is 0 Å². The maximum atomic E-state index is 6.94. The molecule has 0 aliphatic heterocycles. The first-order valence-corrected chi connectivity index (χ1v) is 3.80. The fraction of sp³-hybridized carbons (Fsp3) is 0.778. The molecule has 0 fully saturated rings. The molecule has 1 aliphatic carbocycles. The average Bonchev–Trinajstić information content (AvgIpc) is 2.07. The zero-order valence-electron chi connectivity index (χ0n) is 8.45. The van der Waals surface area contributed by atoms with Gasteiger partial charge in [0.05, 0.1) is 0 Å². The molecule has 0 aromatic carbocycles. The summed E-state index contributed by atoms with van der Waals surface area (Å²) >= 11 is 0. The van der Waals surface area contributed by atoms with Crippen LogP contribution in [0.25, 0.3) is 5.73 Å². The molecule has 13 heavy (non-hydrogen) atoms. The summed E-state index contributed by atoms with van der Waals surface area (Å²) in [5, 5.41) is 0. The third kappa shape index (κ3) is 43.7. The van der Waals surface area contributed by atoms with E-state index in [1.54, 1.807) is 0 Å². The van der Waals surface area contributed by atoms with Gasteiger partial charge in [-0.1, -0.05) is 33.6 Å². The van der Waals surface area contributed by atoms with Crippen LogP contribution in [0.1, 0.15) is 40.0 Å². The van der Waals surface area contributed by atoms with Crippen molar-refractivity contribution in [2.75, 3.05) is 0 Å². The summed E-state index contributed by atoms with van der Waals surface area (Å²) in [6.07, 6.45) is 9.00. The molecule has 0 unspecified atom stereocenters. The van der Waals surface area contributed by atoms with Gasteiger partial charge in [-0.2, -0.15) is 6.42 Å². The fourth-order valence-electron chi connectivity index (χ4n) is 0.510. The number of hydrogen-bond acceptors (Lipinski definition) is 0. The maximum Gasteiger partial charge on any atom is 4.00 e. The van der Waals surface area contributed by atoms with Gasteiger partial charge in [0, 0.05) is 0 Å². The minimum atomic E-state index is -0.250. The number of rotatable bonds is 0. The van der Waals surface area contributed by atoms with E-state index in [0.29, 0.717) is 0 Å². The molecule has 4 heteroatoms. The molecule has 1 N–H and O–H groups in total. The Morgan fingerprint density at radius 3 is 1.69 bits per heavy atom. The summed E-state index contributed by atoms with van der Waals surface area (Å²) < 4.78 is 0. The van der Waals surface area contributed by atoms with Gasteiger partial charge in [0.2, 0.25) is 0 Å². The van der Waals surface area contributed by atoms with Crippen molar-refractivity contribution in [3.8, 4) is 0 Å². The first-order chi connectivity index (χ1) is 4.50. The van der Waals surface area contributed by atoms with Crippen molar-refractivity contribution in [2.24, 2.45) is 0 Å². The van der Waals surface area contributed by atoms with Crippen LogP contribution < -0.4 is 24.8 Å². The molecule has 0 atom stereocenters. The number of hydrogen-bond donors (Lipinski definition) is 0. The second-order valence-corrected chi connectivity index (χ2v) is 3.55. The van der Waals surface area contributed by atoms with E-state index in [9.17, 15) is 0 Å². The van der Waals surface area contributed by atoms with Crippen LogP contribution >= 0.6 is 0 Å². The first-order valence-electron chi connectivity index (χ1n) is 3.80. The number of nitrogens with one attached hydrogen (secondary N) is 1. The molecule has 0 bridgehead atoms. The molecular formula is C9H17Cl2NTi. The quantitative estimate of drug-likeness (QED) is 0.335. The van der Waals surface area contributed by atoms with E-state index >= 15 is 0 Å². The van der Waals surface area contributed by atoms with Crippen LogP contribution in [0.3, 0.4) is 0 Å². The fourth-order valence-corrected chi connectivity index (χ4v) is 0.510. The normalized spacial score (nSPS) is 12.6. The molecule has 0 saturated heterocycles. The van der Waals surface area contributed by atoms with E-state index in [1.165, 1.54) is 19.3 Å². The van der Waals surface area contributed by atoms with Crippen LogP contribution in [0, 0.1) is 6.08 Å². The predicted octanol–water partition coefficient (Wildman–Crippen LogP) is -2.63. The zero-order valence-corrected chi connectivity index (χ0v) is 11.5. The van der Waals surface area contributed by atoms with Crippen molar-refractivity contribution in [1.82, 2.24) is 0 Å². The van der Waals surface area contributed by atoms with Gasteiger partial charge in [0.15, 0.2) is 0 Å². The molecule has 1 rings (SSSR count). The van der Waals surface area contributed by atoms with Crippen LogP contribution in [-0.4, -0.2) is 5.54 Å². The number of allylic oxidation sites excluding steroid dienone is 2. The Hall–Kier alpha value is 0.994. The van der Waals surface area contributed by atoms with Crippen LogP contribution in [0.4, 0.5) is 0 Å². The first kappa shape index (κ1) is 23.7. The second kappa shape index (κ2) is 13.0. The SMILES string of the molecule is CC(C)(C)[NH-].[C-]1=CCCC1.[Cl-].[Cl-].[Ti+4]. The van der Waals surface area contributed by atoms with Gasteiger partial charge in [0.1, 0.15) is 0 Å². The molecule has 0 radical (unpaired) electrons. The van der Waals surface area contributed by atoms with Crippen LogP contribution in [0.15, 0.2) is 6.08 Å². The van der Waals surface area contributed by atoms with E-state index in [1.807, 2.05) is 20.8 Å².